The van der Waals surface area contributed by atoms with Gasteiger partial charge in [0.25, 0.3) is 0 Å². The monoisotopic (exact) mass is 316 g/mol. The first-order chi connectivity index (χ1) is 11.3. The highest BCUT2D eigenvalue weighted by molar-refractivity contribution is 5.39. The maximum absolute atomic E-state index is 5.49. The molecule has 0 amide bonds. The number of nitrogens with zero attached hydrogens (tertiary/aromatic N) is 4. The molecular formula is C18H28N4O. The zero-order valence-corrected chi connectivity index (χ0v) is 14.2. The molecule has 5 heteroatoms. The van der Waals surface area contributed by atoms with Crippen LogP contribution in [0.15, 0.2) is 12.1 Å². The van der Waals surface area contributed by atoms with E-state index in [9.17, 15) is 0 Å². The lowest BCUT2D eigenvalue weighted by Gasteiger charge is -2.37. The maximum atomic E-state index is 5.49. The highest BCUT2D eigenvalue weighted by Crippen LogP contribution is 2.41. The Bertz CT molecular complexity index is 514. The Morgan fingerprint density at radius 2 is 2.00 bits per heavy atom. The molecule has 1 saturated carbocycles. The summed E-state index contributed by atoms with van der Waals surface area (Å²) >= 11 is 0. The second-order valence-electron chi connectivity index (χ2n) is 7.47. The van der Waals surface area contributed by atoms with Gasteiger partial charge in [-0.15, -0.1) is 5.10 Å². The molecule has 0 spiro atoms. The molecule has 3 fully saturated rings. The van der Waals surface area contributed by atoms with Crippen LogP contribution in [0.5, 0.6) is 0 Å². The van der Waals surface area contributed by atoms with Crippen molar-refractivity contribution in [2.75, 3.05) is 50.8 Å². The van der Waals surface area contributed by atoms with Gasteiger partial charge in [-0.1, -0.05) is 6.42 Å². The summed E-state index contributed by atoms with van der Waals surface area (Å²) in [5.41, 5.74) is 0.996. The highest BCUT2D eigenvalue weighted by Gasteiger charge is 2.41. The van der Waals surface area contributed by atoms with Crippen LogP contribution in [-0.4, -0.2) is 61.0 Å². The summed E-state index contributed by atoms with van der Waals surface area (Å²) in [5, 5.41) is 8.65. The lowest BCUT2D eigenvalue weighted by Crippen LogP contribution is -2.43. The third-order valence-corrected chi connectivity index (χ3v) is 5.95. The molecule has 3 aliphatic rings. The standard InChI is InChI=1S/C18H28N4O/c1-14-5-6-18(20-19-14)22-12-16-4-2-3-15(17(16)13-22)11-21-7-9-23-10-8-21/h5-6,15-17H,2-4,7-13H2,1H3/t15-,16+,17+/m1/s1. The minimum atomic E-state index is 0.828. The Kier molecular flexibility index (Phi) is 4.49. The van der Waals surface area contributed by atoms with E-state index in [1.807, 2.05) is 6.92 Å². The molecule has 2 saturated heterocycles. The molecule has 1 aromatic heterocycles. The van der Waals surface area contributed by atoms with Crippen molar-refractivity contribution in [3.63, 3.8) is 0 Å². The minimum Gasteiger partial charge on any atom is -0.379 e. The number of fused-ring (bicyclic) bond motifs is 1. The van der Waals surface area contributed by atoms with E-state index in [4.69, 9.17) is 4.74 Å². The Labute approximate surface area is 139 Å². The molecule has 0 aromatic carbocycles. The van der Waals surface area contributed by atoms with Gasteiger partial charge in [0.2, 0.25) is 0 Å². The summed E-state index contributed by atoms with van der Waals surface area (Å²) in [6, 6.07) is 4.21. The summed E-state index contributed by atoms with van der Waals surface area (Å²) in [6.45, 7) is 9.64. The lowest BCUT2D eigenvalue weighted by atomic mass is 9.73. The van der Waals surface area contributed by atoms with Crippen LogP contribution >= 0.6 is 0 Å². The molecule has 126 valence electrons. The van der Waals surface area contributed by atoms with Crippen molar-refractivity contribution >= 4 is 5.82 Å². The van der Waals surface area contributed by atoms with E-state index in [1.165, 1.54) is 32.4 Å². The fraction of sp³-hybridized carbons (Fsp3) is 0.778. The van der Waals surface area contributed by atoms with Gasteiger partial charge in [-0.3, -0.25) is 4.90 Å². The first-order valence-electron chi connectivity index (χ1n) is 9.15. The van der Waals surface area contributed by atoms with Crippen LogP contribution in [0, 0.1) is 24.7 Å². The number of hydrogen-bond acceptors (Lipinski definition) is 5. The lowest BCUT2D eigenvalue weighted by molar-refractivity contribution is 0.0195. The molecular weight excluding hydrogens is 288 g/mol. The van der Waals surface area contributed by atoms with Crippen LogP contribution in [0.4, 0.5) is 5.82 Å². The molecule has 0 radical (unpaired) electrons. The average Bonchev–Trinajstić information content (AvgIpc) is 3.02. The largest absolute Gasteiger partial charge is 0.379 e. The quantitative estimate of drug-likeness (QED) is 0.853. The summed E-state index contributed by atoms with van der Waals surface area (Å²) in [6.07, 6.45) is 4.18. The molecule has 23 heavy (non-hydrogen) atoms. The van der Waals surface area contributed by atoms with Crippen molar-refractivity contribution in [1.29, 1.82) is 0 Å². The molecule has 5 nitrogen and oxygen atoms in total. The molecule has 2 aliphatic heterocycles. The number of aromatic nitrogens is 2. The van der Waals surface area contributed by atoms with Crippen molar-refractivity contribution in [2.24, 2.45) is 17.8 Å². The van der Waals surface area contributed by atoms with Crippen molar-refractivity contribution in [3.8, 4) is 0 Å². The van der Waals surface area contributed by atoms with Gasteiger partial charge in [-0.25, -0.2) is 0 Å². The first kappa shape index (κ1) is 15.3. The smallest absolute Gasteiger partial charge is 0.151 e. The Hall–Kier alpha value is -1.20. The Morgan fingerprint density at radius 3 is 2.78 bits per heavy atom. The van der Waals surface area contributed by atoms with Crippen LogP contribution in [0.1, 0.15) is 25.0 Å². The fourth-order valence-corrected chi connectivity index (χ4v) is 4.68. The summed E-state index contributed by atoms with van der Waals surface area (Å²) < 4.78 is 5.49. The third kappa shape index (κ3) is 3.36. The van der Waals surface area contributed by atoms with Crippen molar-refractivity contribution in [3.05, 3.63) is 17.8 Å². The van der Waals surface area contributed by atoms with Crippen LogP contribution in [-0.2, 0) is 4.74 Å². The molecule has 3 atom stereocenters. The molecule has 0 unspecified atom stereocenters. The number of ether oxygens (including phenoxy) is 1. The van der Waals surface area contributed by atoms with E-state index in [0.29, 0.717) is 0 Å². The van der Waals surface area contributed by atoms with E-state index in [2.05, 4.69) is 32.1 Å². The molecule has 4 rings (SSSR count). The van der Waals surface area contributed by atoms with E-state index in [0.717, 1.165) is 62.1 Å². The molecule has 1 aromatic rings. The predicted molar refractivity (Wildman–Crippen MR) is 90.6 cm³/mol. The van der Waals surface area contributed by atoms with Gasteiger partial charge in [0, 0.05) is 32.7 Å². The molecule has 1 aliphatic carbocycles. The Balaban J connectivity index is 1.42. The normalized spacial score (nSPS) is 32.0. The van der Waals surface area contributed by atoms with Gasteiger partial charge in [-0.2, -0.15) is 5.10 Å². The molecule has 0 N–H and O–H groups in total. The number of rotatable bonds is 3. The minimum absolute atomic E-state index is 0.828. The summed E-state index contributed by atoms with van der Waals surface area (Å²) in [4.78, 5) is 5.09. The van der Waals surface area contributed by atoms with Gasteiger partial charge in [0.05, 0.1) is 18.9 Å². The van der Waals surface area contributed by atoms with Gasteiger partial charge in [-0.05, 0) is 49.7 Å². The van der Waals surface area contributed by atoms with Crippen molar-refractivity contribution in [1.82, 2.24) is 15.1 Å². The van der Waals surface area contributed by atoms with Gasteiger partial charge < -0.3 is 9.64 Å². The molecule has 3 heterocycles. The summed E-state index contributed by atoms with van der Waals surface area (Å²) in [7, 11) is 0. The van der Waals surface area contributed by atoms with Crippen LogP contribution in [0.2, 0.25) is 0 Å². The van der Waals surface area contributed by atoms with E-state index in [1.54, 1.807) is 0 Å². The van der Waals surface area contributed by atoms with Crippen LogP contribution in [0.3, 0.4) is 0 Å². The number of aryl methyl sites for hydroxylation is 1. The maximum Gasteiger partial charge on any atom is 0.151 e. The van der Waals surface area contributed by atoms with Gasteiger partial charge >= 0.3 is 0 Å². The number of morpholine rings is 1. The number of anilines is 1. The highest BCUT2D eigenvalue weighted by atomic mass is 16.5. The zero-order valence-electron chi connectivity index (χ0n) is 14.2. The van der Waals surface area contributed by atoms with E-state index < -0.39 is 0 Å². The Morgan fingerprint density at radius 1 is 1.13 bits per heavy atom. The third-order valence-electron chi connectivity index (χ3n) is 5.95. The fourth-order valence-electron chi connectivity index (χ4n) is 4.68. The number of hydrogen-bond donors (Lipinski definition) is 0. The van der Waals surface area contributed by atoms with E-state index in [-0.39, 0.29) is 0 Å². The predicted octanol–water partition coefficient (Wildman–Crippen LogP) is 1.97. The topological polar surface area (TPSA) is 41.5 Å². The van der Waals surface area contributed by atoms with Crippen LogP contribution < -0.4 is 4.90 Å². The first-order valence-corrected chi connectivity index (χ1v) is 9.15. The summed E-state index contributed by atoms with van der Waals surface area (Å²) in [5.74, 6) is 3.58. The SMILES string of the molecule is Cc1ccc(N2C[C@@H]3CCC[C@H](CN4CCOCC4)[C@@H]3C2)nn1. The second-order valence-corrected chi connectivity index (χ2v) is 7.47. The molecule has 0 bridgehead atoms. The van der Waals surface area contributed by atoms with Crippen molar-refractivity contribution in [2.45, 2.75) is 26.2 Å². The van der Waals surface area contributed by atoms with Gasteiger partial charge in [0.1, 0.15) is 0 Å². The van der Waals surface area contributed by atoms with E-state index >= 15 is 0 Å². The van der Waals surface area contributed by atoms with Crippen LogP contribution in [0.25, 0.3) is 0 Å². The van der Waals surface area contributed by atoms with Gasteiger partial charge in [0.15, 0.2) is 5.82 Å². The van der Waals surface area contributed by atoms with Crippen molar-refractivity contribution < 1.29 is 4.74 Å². The second kappa shape index (κ2) is 6.73. The zero-order chi connectivity index (χ0) is 15.6. The average molecular weight is 316 g/mol.